The number of carbonyl (C=O) groups excluding carboxylic acids is 1. The molecule has 20 heavy (non-hydrogen) atoms. The van der Waals surface area contributed by atoms with Crippen molar-refractivity contribution in [3.8, 4) is 5.75 Å². The average Bonchev–Trinajstić information content (AvgIpc) is 2.41. The Kier molecular flexibility index (Phi) is 4.76. The van der Waals surface area contributed by atoms with Crippen molar-refractivity contribution in [3.05, 3.63) is 29.6 Å². The van der Waals surface area contributed by atoms with Crippen LogP contribution in [-0.4, -0.2) is 36.9 Å². The lowest BCUT2D eigenvalue weighted by molar-refractivity contribution is 0.0813. The first-order valence-corrected chi connectivity index (χ1v) is 7.12. The first-order chi connectivity index (χ1) is 9.51. The van der Waals surface area contributed by atoms with Crippen molar-refractivity contribution in [2.75, 3.05) is 20.2 Å². The minimum Gasteiger partial charge on any atom is -0.496 e. The number of ether oxygens (including phenoxy) is 1. The zero-order chi connectivity index (χ0) is 14.7. The Labute approximate surface area is 119 Å². The van der Waals surface area contributed by atoms with Crippen molar-refractivity contribution < 1.29 is 13.9 Å². The molecule has 1 aliphatic rings. The minimum absolute atomic E-state index is 0.0808. The van der Waals surface area contributed by atoms with Gasteiger partial charge in [-0.3, -0.25) is 9.69 Å². The van der Waals surface area contributed by atoms with Crippen LogP contribution in [0.25, 0.3) is 0 Å². The molecule has 1 aromatic rings. The maximum Gasteiger partial charge on any atom is 0.180 e. The summed E-state index contributed by atoms with van der Waals surface area (Å²) in [5, 5.41) is 0. The summed E-state index contributed by atoms with van der Waals surface area (Å²) in [6, 6.07) is 4.46. The van der Waals surface area contributed by atoms with Crippen LogP contribution < -0.4 is 4.74 Å². The van der Waals surface area contributed by atoms with Crippen molar-refractivity contribution in [1.82, 2.24) is 4.90 Å². The van der Waals surface area contributed by atoms with Crippen molar-refractivity contribution in [3.63, 3.8) is 0 Å². The fraction of sp³-hybridized carbons (Fsp3) is 0.562. The van der Waals surface area contributed by atoms with Gasteiger partial charge in [-0.15, -0.1) is 0 Å². The Morgan fingerprint density at radius 2 is 2.20 bits per heavy atom. The number of hydrogen-bond donors (Lipinski definition) is 0. The summed E-state index contributed by atoms with van der Waals surface area (Å²) >= 11 is 0. The predicted octanol–water partition coefficient (Wildman–Crippen LogP) is 3.14. The first-order valence-electron chi connectivity index (χ1n) is 7.12. The van der Waals surface area contributed by atoms with E-state index in [9.17, 15) is 9.18 Å². The van der Waals surface area contributed by atoms with E-state index in [1.165, 1.54) is 25.3 Å². The van der Waals surface area contributed by atoms with Gasteiger partial charge in [0.05, 0.1) is 19.2 Å². The molecule has 0 N–H and O–H groups in total. The molecule has 2 unspecified atom stereocenters. The molecule has 0 bridgehead atoms. The SMILES string of the molecule is COc1ccc(F)cc1C(=O)CN1CCC(C)CC1C. The second-order valence-electron chi connectivity index (χ2n) is 5.72. The number of benzene rings is 1. The lowest BCUT2D eigenvalue weighted by atomic mass is 9.93. The number of piperidine rings is 1. The standard InChI is InChI=1S/C16H22FNO2/c1-11-6-7-18(12(2)8-11)10-15(19)14-9-13(17)4-5-16(14)20-3/h4-5,9,11-12H,6-8,10H2,1-3H3. The molecule has 0 radical (unpaired) electrons. The average molecular weight is 279 g/mol. The number of ketones is 1. The van der Waals surface area contributed by atoms with Gasteiger partial charge in [0.15, 0.2) is 5.78 Å². The summed E-state index contributed by atoms with van der Waals surface area (Å²) in [5.41, 5.74) is 0.332. The van der Waals surface area contributed by atoms with Gasteiger partial charge in [-0.2, -0.15) is 0 Å². The lowest BCUT2D eigenvalue weighted by Gasteiger charge is -2.36. The molecule has 110 valence electrons. The quantitative estimate of drug-likeness (QED) is 0.793. The van der Waals surface area contributed by atoms with E-state index < -0.39 is 5.82 Å². The Hall–Kier alpha value is -1.42. The Morgan fingerprint density at radius 3 is 2.85 bits per heavy atom. The van der Waals surface area contributed by atoms with Gasteiger partial charge < -0.3 is 4.74 Å². The molecule has 1 aromatic carbocycles. The van der Waals surface area contributed by atoms with Crippen LogP contribution >= 0.6 is 0 Å². The fourth-order valence-corrected chi connectivity index (χ4v) is 2.86. The molecule has 0 spiro atoms. The molecule has 4 heteroatoms. The first kappa shape index (κ1) is 15.0. The normalized spacial score (nSPS) is 23.6. The Balaban J connectivity index is 2.10. The fourth-order valence-electron chi connectivity index (χ4n) is 2.86. The summed E-state index contributed by atoms with van der Waals surface area (Å²) in [6.45, 7) is 5.64. The molecule has 1 saturated heterocycles. The van der Waals surface area contributed by atoms with Crippen LogP contribution in [-0.2, 0) is 0 Å². The zero-order valence-corrected chi connectivity index (χ0v) is 12.4. The van der Waals surface area contributed by atoms with E-state index >= 15 is 0 Å². The van der Waals surface area contributed by atoms with Crippen LogP contribution in [0, 0.1) is 11.7 Å². The van der Waals surface area contributed by atoms with E-state index in [1.807, 2.05) is 0 Å². The summed E-state index contributed by atoms with van der Waals surface area (Å²) in [4.78, 5) is 14.6. The molecule has 0 saturated carbocycles. The van der Waals surface area contributed by atoms with Crippen molar-refractivity contribution in [1.29, 1.82) is 0 Å². The summed E-state index contributed by atoms with van der Waals surface area (Å²) in [6.07, 6.45) is 2.21. The Bertz CT molecular complexity index is 489. The molecule has 1 fully saturated rings. The van der Waals surface area contributed by atoms with E-state index in [0.717, 1.165) is 19.4 Å². The van der Waals surface area contributed by atoms with E-state index in [-0.39, 0.29) is 5.78 Å². The van der Waals surface area contributed by atoms with Crippen LogP contribution in [0.3, 0.4) is 0 Å². The Morgan fingerprint density at radius 1 is 1.45 bits per heavy atom. The maximum atomic E-state index is 13.3. The van der Waals surface area contributed by atoms with E-state index in [2.05, 4.69) is 18.7 Å². The molecule has 0 aromatic heterocycles. The van der Waals surface area contributed by atoms with Gasteiger partial charge in [-0.05, 0) is 50.4 Å². The van der Waals surface area contributed by atoms with Crippen LogP contribution in [0.2, 0.25) is 0 Å². The molecule has 3 nitrogen and oxygen atoms in total. The molecular formula is C16H22FNO2. The number of Topliss-reactive ketones (excluding diaryl/α,β-unsaturated/α-hetero) is 1. The highest BCUT2D eigenvalue weighted by Crippen LogP contribution is 2.24. The number of hydrogen-bond acceptors (Lipinski definition) is 3. The highest BCUT2D eigenvalue weighted by molar-refractivity contribution is 6.00. The van der Waals surface area contributed by atoms with E-state index in [4.69, 9.17) is 4.74 Å². The second kappa shape index (κ2) is 6.35. The van der Waals surface area contributed by atoms with E-state index in [1.54, 1.807) is 0 Å². The minimum atomic E-state index is -0.408. The summed E-state index contributed by atoms with van der Waals surface area (Å²) < 4.78 is 18.5. The van der Waals surface area contributed by atoms with Gasteiger partial charge in [0.1, 0.15) is 11.6 Å². The molecular weight excluding hydrogens is 257 g/mol. The molecule has 2 rings (SSSR count). The zero-order valence-electron chi connectivity index (χ0n) is 12.4. The molecule has 1 aliphatic heterocycles. The summed E-state index contributed by atoms with van der Waals surface area (Å²) in [7, 11) is 1.50. The summed E-state index contributed by atoms with van der Waals surface area (Å²) in [5.74, 6) is 0.659. The van der Waals surface area contributed by atoms with Gasteiger partial charge in [0.2, 0.25) is 0 Å². The predicted molar refractivity (Wildman–Crippen MR) is 76.7 cm³/mol. The van der Waals surface area contributed by atoms with Gasteiger partial charge in [-0.1, -0.05) is 6.92 Å². The molecule has 1 heterocycles. The van der Waals surface area contributed by atoms with Gasteiger partial charge in [0.25, 0.3) is 0 Å². The van der Waals surface area contributed by atoms with Crippen LogP contribution in [0.4, 0.5) is 4.39 Å². The van der Waals surface area contributed by atoms with Gasteiger partial charge in [-0.25, -0.2) is 4.39 Å². The molecule has 2 atom stereocenters. The largest absolute Gasteiger partial charge is 0.496 e. The van der Waals surface area contributed by atoms with Crippen molar-refractivity contribution >= 4 is 5.78 Å². The number of carbonyl (C=O) groups is 1. The lowest BCUT2D eigenvalue weighted by Crippen LogP contribution is -2.43. The maximum absolute atomic E-state index is 13.3. The third kappa shape index (κ3) is 3.37. The monoisotopic (exact) mass is 279 g/mol. The number of halogens is 1. The van der Waals surface area contributed by atoms with Crippen LogP contribution in [0.1, 0.15) is 37.0 Å². The van der Waals surface area contributed by atoms with Crippen LogP contribution in [0.15, 0.2) is 18.2 Å². The third-order valence-corrected chi connectivity index (χ3v) is 4.08. The van der Waals surface area contributed by atoms with Crippen molar-refractivity contribution in [2.24, 2.45) is 5.92 Å². The van der Waals surface area contributed by atoms with E-state index in [0.29, 0.717) is 29.8 Å². The molecule has 0 amide bonds. The smallest absolute Gasteiger partial charge is 0.180 e. The van der Waals surface area contributed by atoms with Crippen molar-refractivity contribution in [2.45, 2.75) is 32.7 Å². The third-order valence-electron chi connectivity index (χ3n) is 4.08. The van der Waals surface area contributed by atoms with Gasteiger partial charge >= 0.3 is 0 Å². The number of likely N-dealkylation sites (tertiary alicyclic amines) is 1. The number of methoxy groups -OCH3 is 1. The number of rotatable bonds is 4. The number of nitrogens with zero attached hydrogens (tertiary/aromatic N) is 1. The highest BCUT2D eigenvalue weighted by Gasteiger charge is 2.25. The molecule has 0 aliphatic carbocycles. The van der Waals surface area contributed by atoms with Crippen LogP contribution in [0.5, 0.6) is 5.75 Å². The van der Waals surface area contributed by atoms with Gasteiger partial charge in [0, 0.05) is 6.04 Å². The topological polar surface area (TPSA) is 29.5 Å². The highest BCUT2D eigenvalue weighted by atomic mass is 19.1. The second-order valence-corrected chi connectivity index (χ2v) is 5.72.